The number of halogens is 3. The molecule has 3 aromatic heterocycles. The zero-order chi connectivity index (χ0) is 19.6. The van der Waals surface area contributed by atoms with Crippen LogP contribution in [0.1, 0.15) is 18.2 Å². The molecule has 3 aromatic rings. The van der Waals surface area contributed by atoms with Crippen LogP contribution in [0.5, 0.6) is 5.88 Å². The first kappa shape index (κ1) is 18.4. The van der Waals surface area contributed by atoms with E-state index >= 15 is 0 Å². The molecule has 0 fully saturated rings. The van der Waals surface area contributed by atoms with Crippen LogP contribution in [0.15, 0.2) is 36.7 Å². The number of hydrogen-bond donors (Lipinski definition) is 2. The van der Waals surface area contributed by atoms with Gasteiger partial charge in [0.1, 0.15) is 11.3 Å². The topological polar surface area (TPSA) is 93.9 Å². The van der Waals surface area contributed by atoms with Crippen LogP contribution in [0, 0.1) is 0 Å². The van der Waals surface area contributed by atoms with Gasteiger partial charge in [0.05, 0.1) is 6.61 Å². The van der Waals surface area contributed by atoms with E-state index in [4.69, 9.17) is 10.5 Å². The van der Waals surface area contributed by atoms with Gasteiger partial charge in [0.2, 0.25) is 11.8 Å². The number of fused-ring (bicyclic) bond motifs is 1. The van der Waals surface area contributed by atoms with Gasteiger partial charge in [0, 0.05) is 41.0 Å². The van der Waals surface area contributed by atoms with Crippen molar-refractivity contribution < 1.29 is 22.7 Å². The van der Waals surface area contributed by atoms with E-state index in [2.05, 4.69) is 15.0 Å². The lowest BCUT2D eigenvalue weighted by molar-refractivity contribution is -0.141. The average molecular weight is 376 g/mol. The highest BCUT2D eigenvalue weighted by molar-refractivity contribution is 5.95. The number of primary amides is 1. The Balaban J connectivity index is 2.12. The molecule has 0 spiro atoms. The Kier molecular flexibility index (Phi) is 4.85. The molecular weight excluding hydrogens is 361 g/mol. The molecule has 0 saturated carbocycles. The van der Waals surface area contributed by atoms with Gasteiger partial charge in [-0.1, -0.05) is 0 Å². The Morgan fingerprint density at radius 2 is 2.07 bits per heavy atom. The number of H-pyrrole nitrogens is 1. The SMILES string of the molecule is CCOc1cc(-c2cnc3[nH]cc(C=CC(N)=O)c3c2)cc(C(F)(F)F)n1. The molecule has 0 bridgehead atoms. The molecule has 140 valence electrons. The first-order valence-electron chi connectivity index (χ1n) is 7.95. The molecule has 1 amide bonds. The fraction of sp³-hybridized carbons (Fsp3) is 0.167. The van der Waals surface area contributed by atoms with Crippen LogP contribution in [-0.2, 0) is 11.0 Å². The summed E-state index contributed by atoms with van der Waals surface area (Å²) in [5.41, 5.74) is 5.92. The van der Waals surface area contributed by atoms with E-state index in [0.717, 1.165) is 6.07 Å². The van der Waals surface area contributed by atoms with Crippen molar-refractivity contribution in [2.75, 3.05) is 6.61 Å². The second-order valence-electron chi connectivity index (χ2n) is 5.61. The average Bonchev–Trinajstić information content (AvgIpc) is 3.01. The molecule has 9 heteroatoms. The Hall–Kier alpha value is -3.36. The number of hydrogen-bond acceptors (Lipinski definition) is 4. The fourth-order valence-electron chi connectivity index (χ4n) is 2.53. The summed E-state index contributed by atoms with van der Waals surface area (Å²) in [6.07, 6.45) is 1.16. The number of amides is 1. The largest absolute Gasteiger partial charge is 0.478 e. The third-order valence-electron chi connectivity index (χ3n) is 3.71. The van der Waals surface area contributed by atoms with Crippen molar-refractivity contribution in [3.63, 3.8) is 0 Å². The van der Waals surface area contributed by atoms with Gasteiger partial charge < -0.3 is 15.5 Å². The monoisotopic (exact) mass is 376 g/mol. The zero-order valence-corrected chi connectivity index (χ0v) is 14.2. The number of aromatic nitrogens is 3. The van der Waals surface area contributed by atoms with Crippen molar-refractivity contribution in [2.24, 2.45) is 5.73 Å². The lowest BCUT2D eigenvalue weighted by atomic mass is 10.1. The molecule has 0 radical (unpaired) electrons. The van der Waals surface area contributed by atoms with Crippen LogP contribution in [-0.4, -0.2) is 27.5 Å². The van der Waals surface area contributed by atoms with Gasteiger partial charge in [-0.3, -0.25) is 4.79 Å². The number of nitrogens with zero attached hydrogens (tertiary/aromatic N) is 2. The van der Waals surface area contributed by atoms with Crippen molar-refractivity contribution in [2.45, 2.75) is 13.1 Å². The zero-order valence-electron chi connectivity index (χ0n) is 14.2. The molecule has 0 atom stereocenters. The third kappa shape index (κ3) is 4.08. The number of carbonyl (C=O) groups excluding carboxylic acids is 1. The molecule has 6 nitrogen and oxygen atoms in total. The van der Waals surface area contributed by atoms with E-state index in [-0.39, 0.29) is 18.1 Å². The van der Waals surface area contributed by atoms with Gasteiger partial charge in [0.25, 0.3) is 0 Å². The number of pyridine rings is 2. The van der Waals surface area contributed by atoms with Crippen molar-refractivity contribution in [1.82, 2.24) is 15.0 Å². The van der Waals surface area contributed by atoms with Gasteiger partial charge in [-0.2, -0.15) is 13.2 Å². The second kappa shape index (κ2) is 7.10. The third-order valence-corrected chi connectivity index (χ3v) is 3.71. The second-order valence-corrected chi connectivity index (χ2v) is 5.61. The minimum Gasteiger partial charge on any atom is -0.478 e. The number of alkyl halides is 3. The molecule has 3 heterocycles. The maximum Gasteiger partial charge on any atom is 0.433 e. The van der Waals surface area contributed by atoms with Gasteiger partial charge in [-0.05, 0) is 30.7 Å². The minimum absolute atomic E-state index is 0.120. The van der Waals surface area contributed by atoms with E-state index in [9.17, 15) is 18.0 Å². The maximum atomic E-state index is 13.2. The van der Waals surface area contributed by atoms with Crippen molar-refractivity contribution >= 4 is 23.0 Å². The summed E-state index contributed by atoms with van der Waals surface area (Å²) >= 11 is 0. The molecule has 27 heavy (non-hydrogen) atoms. The molecule has 0 aliphatic heterocycles. The highest BCUT2D eigenvalue weighted by Gasteiger charge is 2.33. The van der Waals surface area contributed by atoms with E-state index < -0.39 is 17.8 Å². The maximum absolute atomic E-state index is 13.2. The Morgan fingerprint density at radius 1 is 1.30 bits per heavy atom. The molecule has 3 N–H and O–H groups in total. The normalized spacial score (nSPS) is 12.0. The van der Waals surface area contributed by atoms with Crippen LogP contribution in [0.25, 0.3) is 28.2 Å². The van der Waals surface area contributed by atoms with Gasteiger partial charge in [-0.15, -0.1) is 0 Å². The molecular formula is C18H15F3N4O2. The van der Waals surface area contributed by atoms with Crippen LogP contribution < -0.4 is 10.5 Å². The summed E-state index contributed by atoms with van der Waals surface area (Å²) in [4.78, 5) is 21.6. The van der Waals surface area contributed by atoms with Crippen molar-refractivity contribution in [3.8, 4) is 17.0 Å². The van der Waals surface area contributed by atoms with Crippen molar-refractivity contribution in [1.29, 1.82) is 0 Å². The summed E-state index contributed by atoms with van der Waals surface area (Å²) in [5.74, 6) is -0.732. The predicted molar refractivity (Wildman–Crippen MR) is 93.7 cm³/mol. The van der Waals surface area contributed by atoms with Crippen LogP contribution in [0.4, 0.5) is 13.2 Å². The van der Waals surface area contributed by atoms with Crippen LogP contribution >= 0.6 is 0 Å². The molecule has 0 unspecified atom stereocenters. The Labute approximate surface area is 151 Å². The first-order valence-corrected chi connectivity index (χ1v) is 7.95. The molecule has 0 aliphatic rings. The minimum atomic E-state index is -4.61. The summed E-state index contributed by atoms with van der Waals surface area (Å²) < 4.78 is 44.6. The number of aromatic amines is 1. The molecule has 0 aliphatic carbocycles. The number of rotatable bonds is 5. The van der Waals surface area contributed by atoms with Crippen LogP contribution in [0.3, 0.4) is 0 Å². The van der Waals surface area contributed by atoms with E-state index in [0.29, 0.717) is 22.2 Å². The summed E-state index contributed by atoms with van der Waals surface area (Å²) in [5, 5.41) is 0.633. The number of nitrogens with two attached hydrogens (primary N) is 1. The van der Waals surface area contributed by atoms with Crippen LogP contribution in [0.2, 0.25) is 0 Å². The smallest absolute Gasteiger partial charge is 0.433 e. The molecule has 0 aromatic carbocycles. The highest BCUT2D eigenvalue weighted by Crippen LogP contribution is 2.34. The van der Waals surface area contributed by atoms with Gasteiger partial charge in [-0.25, -0.2) is 9.97 Å². The summed E-state index contributed by atoms with van der Waals surface area (Å²) in [6, 6.07) is 4.04. The standard InChI is InChI=1S/C18H15F3N4O2/c1-2-27-16-7-11(6-14(25-16)18(19,20)21)12-5-13-10(3-4-15(22)26)8-23-17(13)24-9-12/h3-9H,2H2,1H3,(H2,22,26)(H,23,24). The fourth-order valence-corrected chi connectivity index (χ4v) is 2.53. The number of nitrogens with one attached hydrogen (secondary N) is 1. The quantitative estimate of drug-likeness (QED) is 0.666. The first-order chi connectivity index (χ1) is 12.8. The number of ether oxygens (including phenoxy) is 1. The number of carbonyl (C=O) groups is 1. The molecule has 3 rings (SSSR count). The predicted octanol–water partition coefficient (Wildman–Crippen LogP) is 3.54. The lowest BCUT2D eigenvalue weighted by Gasteiger charge is -2.11. The van der Waals surface area contributed by atoms with Gasteiger partial charge >= 0.3 is 6.18 Å². The lowest BCUT2D eigenvalue weighted by Crippen LogP contribution is -2.09. The Bertz CT molecular complexity index is 1030. The van der Waals surface area contributed by atoms with Gasteiger partial charge in [0.15, 0.2) is 0 Å². The Morgan fingerprint density at radius 3 is 2.74 bits per heavy atom. The summed E-state index contributed by atoms with van der Waals surface area (Å²) in [6.45, 7) is 1.84. The summed E-state index contributed by atoms with van der Waals surface area (Å²) in [7, 11) is 0. The molecule has 0 saturated heterocycles. The van der Waals surface area contributed by atoms with Crippen molar-refractivity contribution in [3.05, 3.63) is 47.9 Å². The van der Waals surface area contributed by atoms with E-state index in [1.807, 2.05) is 0 Å². The van der Waals surface area contributed by atoms with E-state index in [1.54, 1.807) is 19.2 Å². The highest BCUT2D eigenvalue weighted by atomic mass is 19.4. The van der Waals surface area contributed by atoms with E-state index in [1.165, 1.54) is 24.4 Å².